The number of ether oxygens (including phenoxy) is 1. The molecule has 1 aliphatic rings. The van der Waals surface area contributed by atoms with Gasteiger partial charge in [0, 0.05) is 30.8 Å². The number of rotatable bonds is 4. The summed E-state index contributed by atoms with van der Waals surface area (Å²) in [6, 6.07) is 0. The zero-order valence-corrected chi connectivity index (χ0v) is 14.6. The monoisotopic (exact) mass is 316 g/mol. The van der Waals surface area contributed by atoms with E-state index >= 15 is 0 Å². The zero-order chi connectivity index (χ0) is 16.0. The largest absolute Gasteiger partial charge is 0.444 e. The van der Waals surface area contributed by atoms with Gasteiger partial charge in [-0.1, -0.05) is 6.92 Å². The van der Waals surface area contributed by atoms with Crippen molar-refractivity contribution in [2.45, 2.75) is 51.4 Å². The number of likely N-dealkylation sites (tertiary alicyclic amines) is 1. The van der Waals surface area contributed by atoms with Crippen LogP contribution in [0.25, 0.3) is 0 Å². The molecule has 122 valence electrons. The fourth-order valence-corrected chi connectivity index (χ4v) is 2.37. The minimum atomic E-state index is -0.473. The number of nitrogens with zero attached hydrogens (tertiary/aromatic N) is 1. The molecular weight excluding hydrogens is 288 g/mol. The van der Waals surface area contributed by atoms with E-state index in [9.17, 15) is 9.59 Å². The Morgan fingerprint density at radius 2 is 1.90 bits per heavy atom. The number of amides is 2. The molecule has 2 amide bonds. The van der Waals surface area contributed by atoms with Crippen molar-refractivity contribution in [1.29, 1.82) is 0 Å². The summed E-state index contributed by atoms with van der Waals surface area (Å²) in [6.07, 6.45) is 3.17. The molecule has 0 spiro atoms. The van der Waals surface area contributed by atoms with Crippen LogP contribution >= 0.6 is 11.8 Å². The Morgan fingerprint density at radius 3 is 2.38 bits per heavy atom. The van der Waals surface area contributed by atoms with Crippen LogP contribution in [0.3, 0.4) is 0 Å². The lowest BCUT2D eigenvalue weighted by Crippen LogP contribution is -2.45. The predicted octanol–water partition coefficient (Wildman–Crippen LogP) is 2.50. The molecule has 0 bridgehead atoms. The van der Waals surface area contributed by atoms with Crippen LogP contribution in [0.15, 0.2) is 0 Å². The van der Waals surface area contributed by atoms with E-state index in [1.807, 2.05) is 27.0 Å². The van der Waals surface area contributed by atoms with Gasteiger partial charge in [-0.25, -0.2) is 4.79 Å². The summed E-state index contributed by atoms with van der Waals surface area (Å²) in [7, 11) is 0. The molecule has 0 aliphatic carbocycles. The fraction of sp³-hybridized carbons (Fsp3) is 0.867. The molecule has 1 atom stereocenters. The molecule has 6 heteroatoms. The third-order valence-corrected chi connectivity index (χ3v) is 4.45. The molecule has 1 aliphatic heterocycles. The highest BCUT2D eigenvalue weighted by Crippen LogP contribution is 2.20. The van der Waals surface area contributed by atoms with Crippen LogP contribution < -0.4 is 5.32 Å². The number of hydrogen-bond acceptors (Lipinski definition) is 4. The molecule has 21 heavy (non-hydrogen) atoms. The van der Waals surface area contributed by atoms with E-state index < -0.39 is 5.60 Å². The van der Waals surface area contributed by atoms with Gasteiger partial charge in [-0.2, -0.15) is 11.8 Å². The summed E-state index contributed by atoms with van der Waals surface area (Å²) in [5.41, 5.74) is -0.473. The molecule has 5 nitrogen and oxygen atoms in total. The topological polar surface area (TPSA) is 58.6 Å². The van der Waals surface area contributed by atoms with Crippen molar-refractivity contribution in [1.82, 2.24) is 10.2 Å². The normalized spacial score (nSPS) is 18.2. The van der Waals surface area contributed by atoms with Gasteiger partial charge >= 0.3 is 6.09 Å². The molecule has 0 saturated carbocycles. The number of piperidine rings is 1. The van der Waals surface area contributed by atoms with Crippen LogP contribution in [0.4, 0.5) is 4.79 Å². The number of thioether (sulfide) groups is 1. The second-order valence-corrected chi connectivity index (χ2v) is 7.81. The van der Waals surface area contributed by atoms with E-state index in [1.165, 1.54) is 0 Å². The minimum Gasteiger partial charge on any atom is -0.444 e. The van der Waals surface area contributed by atoms with Gasteiger partial charge in [0.1, 0.15) is 5.60 Å². The van der Waals surface area contributed by atoms with Crippen LogP contribution in [0.2, 0.25) is 0 Å². The molecule has 0 aromatic carbocycles. The first-order chi connectivity index (χ1) is 9.73. The van der Waals surface area contributed by atoms with Crippen LogP contribution in [0, 0.1) is 5.92 Å². The minimum absolute atomic E-state index is 0.0118. The standard InChI is InChI=1S/C15H28N2O3S/c1-11(21-5)10-16-13(18)12-6-8-17(9-7-12)14(19)20-15(2,3)4/h11-12H,6-10H2,1-5H3,(H,16,18). The maximum absolute atomic E-state index is 12.1. The average molecular weight is 316 g/mol. The molecule has 1 fully saturated rings. The van der Waals surface area contributed by atoms with Crippen molar-refractivity contribution < 1.29 is 14.3 Å². The smallest absolute Gasteiger partial charge is 0.410 e. The van der Waals surface area contributed by atoms with E-state index in [0.29, 0.717) is 37.7 Å². The number of carbonyl (C=O) groups excluding carboxylic acids is 2. The van der Waals surface area contributed by atoms with Gasteiger partial charge in [-0.3, -0.25) is 4.79 Å². The van der Waals surface area contributed by atoms with Crippen LogP contribution in [-0.4, -0.2) is 53.6 Å². The van der Waals surface area contributed by atoms with Gasteiger partial charge in [0.15, 0.2) is 0 Å². The first-order valence-electron chi connectivity index (χ1n) is 7.51. The van der Waals surface area contributed by atoms with Gasteiger partial charge in [0.25, 0.3) is 0 Å². The molecule has 1 unspecified atom stereocenters. The summed E-state index contributed by atoms with van der Waals surface area (Å²) in [5.74, 6) is 0.123. The maximum Gasteiger partial charge on any atom is 0.410 e. The molecule has 0 radical (unpaired) electrons. The predicted molar refractivity (Wildman–Crippen MR) is 86.5 cm³/mol. The van der Waals surface area contributed by atoms with Gasteiger partial charge in [0.05, 0.1) is 0 Å². The molecule has 1 N–H and O–H groups in total. The first-order valence-corrected chi connectivity index (χ1v) is 8.80. The Kier molecular flexibility index (Phi) is 6.84. The molecular formula is C15H28N2O3S. The molecule has 1 saturated heterocycles. The van der Waals surface area contributed by atoms with E-state index in [1.54, 1.807) is 16.7 Å². The second-order valence-electron chi connectivity index (χ2n) is 6.53. The number of hydrogen-bond donors (Lipinski definition) is 1. The summed E-state index contributed by atoms with van der Waals surface area (Å²) in [5, 5.41) is 3.42. The number of nitrogens with one attached hydrogen (secondary N) is 1. The highest BCUT2D eigenvalue weighted by Gasteiger charge is 2.29. The molecule has 0 aromatic heterocycles. The van der Waals surface area contributed by atoms with Crippen molar-refractivity contribution in [2.75, 3.05) is 25.9 Å². The van der Waals surface area contributed by atoms with Crippen LogP contribution in [-0.2, 0) is 9.53 Å². The Balaban J connectivity index is 2.34. The SMILES string of the molecule is CSC(C)CNC(=O)C1CCN(C(=O)OC(C)(C)C)CC1. The van der Waals surface area contributed by atoms with E-state index in [2.05, 4.69) is 12.2 Å². The van der Waals surface area contributed by atoms with Crippen molar-refractivity contribution in [3.63, 3.8) is 0 Å². The van der Waals surface area contributed by atoms with Gasteiger partial charge in [-0.05, 0) is 39.9 Å². The third-order valence-electron chi connectivity index (χ3n) is 3.48. The van der Waals surface area contributed by atoms with Crippen LogP contribution in [0.5, 0.6) is 0 Å². The third kappa shape index (κ3) is 6.59. The van der Waals surface area contributed by atoms with Crippen molar-refractivity contribution in [2.24, 2.45) is 5.92 Å². The Hall–Kier alpha value is -0.910. The number of carbonyl (C=O) groups is 2. The molecule has 1 rings (SSSR count). The summed E-state index contributed by atoms with van der Waals surface area (Å²) in [4.78, 5) is 25.7. The quantitative estimate of drug-likeness (QED) is 0.866. The van der Waals surface area contributed by atoms with Crippen molar-refractivity contribution >= 4 is 23.8 Å². The lowest BCUT2D eigenvalue weighted by Gasteiger charge is -2.33. The summed E-state index contributed by atoms with van der Waals surface area (Å²) >= 11 is 1.74. The van der Waals surface area contributed by atoms with E-state index in [4.69, 9.17) is 4.74 Å². The van der Waals surface area contributed by atoms with Crippen molar-refractivity contribution in [3.05, 3.63) is 0 Å². The van der Waals surface area contributed by atoms with E-state index in [0.717, 1.165) is 0 Å². The summed E-state index contributed by atoms with van der Waals surface area (Å²) < 4.78 is 5.35. The first kappa shape index (κ1) is 18.1. The molecule has 0 aromatic rings. The zero-order valence-electron chi connectivity index (χ0n) is 13.8. The summed E-state index contributed by atoms with van der Waals surface area (Å²) in [6.45, 7) is 9.55. The average Bonchev–Trinajstić information content (AvgIpc) is 2.42. The highest BCUT2D eigenvalue weighted by atomic mass is 32.2. The lowest BCUT2D eigenvalue weighted by molar-refractivity contribution is -0.126. The Labute approximate surface area is 132 Å². The van der Waals surface area contributed by atoms with Gasteiger partial charge in [0.2, 0.25) is 5.91 Å². The van der Waals surface area contributed by atoms with Crippen molar-refractivity contribution in [3.8, 4) is 0 Å². The lowest BCUT2D eigenvalue weighted by atomic mass is 9.96. The Bertz CT molecular complexity index is 360. The van der Waals surface area contributed by atoms with Gasteiger partial charge in [-0.15, -0.1) is 0 Å². The van der Waals surface area contributed by atoms with E-state index in [-0.39, 0.29) is 17.9 Å². The van der Waals surface area contributed by atoms with Crippen LogP contribution in [0.1, 0.15) is 40.5 Å². The second kappa shape index (κ2) is 7.92. The molecule has 1 heterocycles. The fourth-order valence-electron chi connectivity index (χ4n) is 2.12. The highest BCUT2D eigenvalue weighted by molar-refractivity contribution is 7.99. The maximum atomic E-state index is 12.1. The van der Waals surface area contributed by atoms with Gasteiger partial charge < -0.3 is 15.0 Å². The Morgan fingerprint density at radius 1 is 1.33 bits per heavy atom.